The fourth-order valence-corrected chi connectivity index (χ4v) is 13.9. The molecule has 93 heavy (non-hydrogen) atoms. The number of fused-ring (bicyclic) bond motifs is 6. The lowest BCUT2D eigenvalue weighted by molar-refractivity contribution is -0.256. The Hall–Kier alpha value is -7.61. The second kappa shape index (κ2) is 28.9. The van der Waals surface area contributed by atoms with E-state index in [2.05, 4.69) is 15.5 Å². The van der Waals surface area contributed by atoms with Gasteiger partial charge in [0.25, 0.3) is 15.9 Å². The van der Waals surface area contributed by atoms with E-state index in [0.717, 1.165) is 11.0 Å². The first-order valence-corrected chi connectivity index (χ1v) is 32.3. The Balaban J connectivity index is 0.750. The first-order valence-electron chi connectivity index (χ1n) is 30.5. The number of hydrogen-bond donors (Lipinski definition) is 5. The molecule has 0 saturated carbocycles. The number of benzene rings is 3. The van der Waals surface area contributed by atoms with Gasteiger partial charge in [-0.3, -0.25) is 38.5 Å². The van der Waals surface area contributed by atoms with E-state index in [4.69, 9.17) is 49.5 Å². The van der Waals surface area contributed by atoms with Gasteiger partial charge < -0.3 is 73.6 Å². The van der Waals surface area contributed by atoms with Crippen molar-refractivity contribution in [3.8, 4) is 17.2 Å². The number of ketones is 4. The summed E-state index contributed by atoms with van der Waals surface area (Å²) in [6, 6.07) is 9.57. The molecule has 2 aliphatic carbocycles. The van der Waals surface area contributed by atoms with Crippen LogP contribution in [0.1, 0.15) is 127 Å². The second-order valence-corrected chi connectivity index (χ2v) is 26.8. The number of aromatic hydroxyl groups is 2. The maximum atomic E-state index is 14.3. The number of nitrogens with one attached hydrogen (secondary N) is 2. The number of halogens is 1. The molecule has 3 aromatic rings. The molecule has 5 amide bonds. The van der Waals surface area contributed by atoms with Crippen LogP contribution in [0, 0.1) is 11.8 Å². The number of rotatable bonds is 25. The van der Waals surface area contributed by atoms with Crippen LogP contribution in [0.5, 0.6) is 17.2 Å². The second-order valence-electron chi connectivity index (χ2n) is 24.3. The van der Waals surface area contributed by atoms with E-state index in [1.807, 2.05) is 0 Å². The highest BCUT2D eigenvalue weighted by atomic mass is 35.5. The minimum Gasteiger partial charge on any atom is -0.507 e. The Labute approximate surface area is 541 Å². The summed E-state index contributed by atoms with van der Waals surface area (Å²) >= 11 is 5.64. The zero-order chi connectivity index (χ0) is 67.5. The van der Waals surface area contributed by atoms with Gasteiger partial charge in [-0.1, -0.05) is 63.1 Å². The number of carbonyl (C=O) groups is 9. The molecule has 4 aliphatic heterocycles. The molecule has 0 spiro atoms. The highest BCUT2D eigenvalue weighted by Crippen LogP contribution is 2.53. The molecule has 5 N–H and O–H groups in total. The Bertz CT molecular complexity index is 3590. The summed E-state index contributed by atoms with van der Waals surface area (Å²) in [4.78, 5) is 125. The summed E-state index contributed by atoms with van der Waals surface area (Å²) < 4.78 is 71.3. The number of anilines is 1. The van der Waals surface area contributed by atoms with Gasteiger partial charge in [-0.25, -0.2) is 22.3 Å². The van der Waals surface area contributed by atoms with Gasteiger partial charge in [0.2, 0.25) is 23.4 Å². The zero-order valence-corrected chi connectivity index (χ0v) is 54.2. The zero-order valence-electron chi connectivity index (χ0n) is 52.7. The molecule has 10 atom stereocenters. The molecule has 28 nitrogen and oxygen atoms in total. The molecule has 0 aromatic heterocycles. The number of ether oxygens (including phenoxy) is 8. The number of likely N-dealkylation sites (N-methyl/N-ethyl adjacent to an activating group) is 2. The SMILES string of the molecule is COc1cccc2c1C(=O)c1c(O)c3c(c(O)c1C2=O)C[C@@](O)(C(=O)COC(=O)N(C)CCN(C)C(=O)OCc1ccc(NC(=O)[C@H](C)CC(=O)[C@@H](NC(=O)CCCCCN2C(=O)C=C(Cl)S2(=O)=O)C(C)C)cc1)C[C@@H]3O[C@H]1C[C@H]2[C@H](O[C@@H]3[C@@H](OC)OCCN32)[C@H](C)O1. The third-order valence-electron chi connectivity index (χ3n) is 17.6. The number of Topliss-reactive ketones (excluding diaryl/α,β-unsaturated/α-hetero) is 2. The number of aliphatic hydroxyl groups is 1. The van der Waals surface area contributed by atoms with E-state index in [-0.39, 0.29) is 91.2 Å². The molecule has 4 heterocycles. The maximum absolute atomic E-state index is 14.3. The van der Waals surface area contributed by atoms with Crippen LogP contribution >= 0.6 is 11.6 Å². The van der Waals surface area contributed by atoms with Crippen molar-refractivity contribution < 1.29 is 105 Å². The number of nitrogens with zero attached hydrogens (tertiary/aromatic N) is 4. The third-order valence-corrected chi connectivity index (χ3v) is 19.8. The van der Waals surface area contributed by atoms with Crippen LogP contribution in [0.2, 0.25) is 0 Å². The van der Waals surface area contributed by atoms with Crippen molar-refractivity contribution in [1.29, 1.82) is 0 Å². The lowest BCUT2D eigenvalue weighted by Crippen LogP contribution is -2.55. The monoisotopic (exact) mass is 1340 g/mol. The van der Waals surface area contributed by atoms with Crippen LogP contribution in [0.3, 0.4) is 0 Å². The van der Waals surface area contributed by atoms with Crippen LogP contribution in [-0.2, 0) is 80.2 Å². The Kier molecular flexibility index (Phi) is 21.7. The number of amides is 5. The molecule has 0 bridgehead atoms. The molecule has 504 valence electrons. The molecule has 0 radical (unpaired) electrons. The normalized spacial score (nSPS) is 24.3. The van der Waals surface area contributed by atoms with Crippen molar-refractivity contribution in [3.05, 3.63) is 91.8 Å². The predicted molar refractivity (Wildman–Crippen MR) is 327 cm³/mol. The van der Waals surface area contributed by atoms with Crippen LogP contribution in [0.4, 0.5) is 15.3 Å². The van der Waals surface area contributed by atoms with Gasteiger partial charge in [0.05, 0.1) is 48.7 Å². The van der Waals surface area contributed by atoms with Crippen LogP contribution < -0.4 is 15.4 Å². The molecule has 30 heteroatoms. The lowest BCUT2D eigenvalue weighted by atomic mass is 9.72. The first-order chi connectivity index (χ1) is 44.1. The summed E-state index contributed by atoms with van der Waals surface area (Å²) in [5, 5.41) is 42.1. The first kappa shape index (κ1) is 69.7. The van der Waals surface area contributed by atoms with Gasteiger partial charge >= 0.3 is 12.2 Å². The van der Waals surface area contributed by atoms with E-state index < -0.39 is 158 Å². The van der Waals surface area contributed by atoms with Crippen molar-refractivity contribution >= 4 is 80.4 Å². The van der Waals surface area contributed by atoms with E-state index >= 15 is 0 Å². The Morgan fingerprint density at radius 1 is 0.882 bits per heavy atom. The van der Waals surface area contributed by atoms with E-state index in [1.54, 1.807) is 52.0 Å². The molecule has 9 rings (SSSR count). The maximum Gasteiger partial charge on any atom is 0.409 e. The smallest absolute Gasteiger partial charge is 0.409 e. The van der Waals surface area contributed by atoms with Crippen LogP contribution in [-0.4, -0.2) is 212 Å². The standard InChI is InChI=1S/C63H77ClN6O22S/c1-32(2)52(66-45(73)15-10-9-11-20-70-46(74)27-44(64)93(70,83)84)40(71)25-33(3)58(79)65-36-18-16-35(17-19-36)30-88-61(80)67(5)21-22-68(6)62(81)89-31-43(72)63(82)28-38-49(56(78)51-50(54(38)76)53(75)37-13-12-14-41(85-7)48(37)55(51)77)42(29-63)91-47-26-39-57(34(4)90-47)92-59-60(86-8)87-24-23-69(39)59/h12-14,16-19,27,32-34,39,42,47,52,57,59-60,76,78,82H,9-11,15,20-26,28-31H2,1-8H3,(H,65,79)(H,66,73)/t33-,34+,39+,42+,47+,52+,57-,59-,60+,63+/m1/s1. The number of sulfonamides is 1. The van der Waals surface area contributed by atoms with Gasteiger partial charge in [0.15, 0.2) is 41.3 Å². The van der Waals surface area contributed by atoms with Crippen molar-refractivity contribution in [3.63, 3.8) is 0 Å². The van der Waals surface area contributed by atoms with E-state index in [1.165, 1.54) is 51.4 Å². The Morgan fingerprint density at radius 3 is 2.23 bits per heavy atom. The summed E-state index contributed by atoms with van der Waals surface area (Å²) in [5.74, 6) is -7.13. The molecule has 6 aliphatic rings. The van der Waals surface area contributed by atoms with Crippen molar-refractivity contribution in [1.82, 2.24) is 24.3 Å². The van der Waals surface area contributed by atoms with Gasteiger partial charge in [0, 0.05) is 120 Å². The predicted octanol–water partition coefficient (Wildman–Crippen LogP) is 4.54. The van der Waals surface area contributed by atoms with Crippen molar-refractivity contribution in [2.75, 3.05) is 73.0 Å². The Morgan fingerprint density at radius 2 is 1.57 bits per heavy atom. The highest BCUT2D eigenvalue weighted by molar-refractivity contribution is 7.95. The number of phenols is 2. The fourth-order valence-electron chi connectivity index (χ4n) is 12.4. The number of phenolic OH excluding ortho intramolecular Hbond substituents is 2. The number of morpholine rings is 1. The molecule has 3 saturated heterocycles. The van der Waals surface area contributed by atoms with E-state index in [0.29, 0.717) is 48.0 Å². The lowest BCUT2D eigenvalue weighted by Gasteiger charge is -2.43. The van der Waals surface area contributed by atoms with Gasteiger partial charge in [-0.2, -0.15) is 0 Å². The number of carbonyl (C=O) groups excluding carboxylic acids is 9. The topological polar surface area (TPSA) is 359 Å². The van der Waals surface area contributed by atoms with E-state index in [9.17, 15) is 66.9 Å². The average Bonchev–Trinajstić information content (AvgIpc) is 1.43. The summed E-state index contributed by atoms with van der Waals surface area (Å²) in [6.07, 6.45) is -5.89. The molecule has 3 aromatic carbocycles. The molecule has 3 fully saturated rings. The van der Waals surface area contributed by atoms with Crippen LogP contribution in [0.15, 0.2) is 52.9 Å². The van der Waals surface area contributed by atoms with Crippen molar-refractivity contribution in [2.45, 2.75) is 140 Å². The minimum absolute atomic E-state index is 0.0481. The largest absolute Gasteiger partial charge is 0.507 e. The molecule has 0 unspecified atom stereocenters. The average molecular weight is 1340 g/mol. The molecular weight excluding hydrogens is 1260 g/mol. The van der Waals surface area contributed by atoms with Crippen LogP contribution in [0.25, 0.3) is 0 Å². The number of unbranched alkanes of at least 4 members (excludes halogenated alkanes) is 2. The van der Waals surface area contributed by atoms with Gasteiger partial charge in [-0.05, 0) is 49.4 Å². The highest BCUT2D eigenvalue weighted by Gasteiger charge is 2.55. The quantitative estimate of drug-likeness (QED) is 0.0449. The summed E-state index contributed by atoms with van der Waals surface area (Å²) in [5.41, 5.74) is -3.29. The van der Waals surface area contributed by atoms with Gasteiger partial charge in [-0.15, -0.1) is 0 Å². The summed E-state index contributed by atoms with van der Waals surface area (Å²) in [6.45, 7) is 6.30. The van der Waals surface area contributed by atoms with Gasteiger partial charge in [0.1, 0.15) is 35.6 Å². The number of hydrogen-bond acceptors (Lipinski definition) is 23. The third kappa shape index (κ3) is 14.7. The minimum atomic E-state index is -4.02. The summed E-state index contributed by atoms with van der Waals surface area (Å²) in [7, 11) is 1.58. The molecular formula is C63H77ClN6O22S. The fraction of sp³-hybridized carbons (Fsp3) is 0.540. The number of methoxy groups -OCH3 is 2. The van der Waals surface area contributed by atoms with Crippen molar-refractivity contribution in [2.24, 2.45) is 11.8 Å².